The molecular weight excluding hydrogens is 397 g/mol. The fourth-order valence-electron chi connectivity index (χ4n) is 4.43. The molecule has 4 rings (SSSR count). The van der Waals surface area contributed by atoms with Gasteiger partial charge in [-0.05, 0) is 56.8 Å². The number of benzene rings is 1. The molecule has 1 aromatic carbocycles. The Morgan fingerprint density at radius 2 is 1.93 bits per heavy atom. The summed E-state index contributed by atoms with van der Waals surface area (Å²) in [7, 11) is 0. The first-order valence-corrected chi connectivity index (χ1v) is 9.50. The SMILES string of the molecule is CC1CC(CN)CN1C(=O)c1ccoc1CN1c2ccccc2CC1C.Cl.Cl. The fourth-order valence-corrected chi connectivity index (χ4v) is 4.43. The summed E-state index contributed by atoms with van der Waals surface area (Å²) in [6.45, 7) is 6.32. The van der Waals surface area contributed by atoms with Crippen LogP contribution in [0.3, 0.4) is 0 Å². The van der Waals surface area contributed by atoms with Crippen LogP contribution >= 0.6 is 24.8 Å². The first-order valence-electron chi connectivity index (χ1n) is 9.50. The van der Waals surface area contributed by atoms with Crippen molar-refractivity contribution in [2.24, 2.45) is 11.7 Å². The van der Waals surface area contributed by atoms with E-state index in [1.54, 1.807) is 6.26 Å². The molecule has 1 aromatic heterocycles. The van der Waals surface area contributed by atoms with Crippen LogP contribution in [0.15, 0.2) is 41.0 Å². The van der Waals surface area contributed by atoms with E-state index >= 15 is 0 Å². The predicted molar refractivity (Wildman–Crippen MR) is 117 cm³/mol. The minimum absolute atomic E-state index is 0. The Morgan fingerprint density at radius 3 is 2.64 bits per heavy atom. The number of nitrogens with zero attached hydrogens (tertiary/aromatic N) is 2. The number of rotatable bonds is 4. The Balaban J connectivity index is 0.00000140. The summed E-state index contributed by atoms with van der Waals surface area (Å²) in [5.74, 6) is 1.22. The predicted octanol–water partition coefficient (Wildman–Crippen LogP) is 3.88. The van der Waals surface area contributed by atoms with Gasteiger partial charge < -0.3 is 20.0 Å². The number of hydrogen-bond acceptors (Lipinski definition) is 4. The van der Waals surface area contributed by atoms with Gasteiger partial charge in [0.2, 0.25) is 0 Å². The summed E-state index contributed by atoms with van der Waals surface area (Å²) in [5, 5.41) is 0. The summed E-state index contributed by atoms with van der Waals surface area (Å²) >= 11 is 0. The molecule has 0 aliphatic carbocycles. The Labute approximate surface area is 179 Å². The zero-order valence-corrected chi connectivity index (χ0v) is 18.0. The lowest BCUT2D eigenvalue weighted by atomic mass is 10.1. The molecule has 1 fully saturated rings. The van der Waals surface area contributed by atoms with Gasteiger partial charge in [-0.15, -0.1) is 24.8 Å². The number of furan rings is 1. The van der Waals surface area contributed by atoms with E-state index in [0.29, 0.717) is 30.6 Å². The summed E-state index contributed by atoms with van der Waals surface area (Å²) in [6, 6.07) is 10.9. The van der Waals surface area contributed by atoms with Crippen molar-refractivity contribution in [3.8, 4) is 0 Å². The number of halogens is 2. The van der Waals surface area contributed by atoms with E-state index < -0.39 is 0 Å². The Kier molecular flexibility index (Phi) is 7.43. The normalized spacial score (nSPS) is 23.2. The topological polar surface area (TPSA) is 62.7 Å². The van der Waals surface area contributed by atoms with Crippen LogP contribution in [0.25, 0.3) is 0 Å². The lowest BCUT2D eigenvalue weighted by Gasteiger charge is -2.25. The van der Waals surface area contributed by atoms with Crippen molar-refractivity contribution < 1.29 is 9.21 Å². The Morgan fingerprint density at radius 1 is 1.18 bits per heavy atom. The average molecular weight is 426 g/mol. The minimum Gasteiger partial charge on any atom is -0.467 e. The fraction of sp³-hybridized carbons (Fsp3) is 0.476. The van der Waals surface area contributed by atoms with E-state index in [-0.39, 0.29) is 36.8 Å². The van der Waals surface area contributed by atoms with Gasteiger partial charge in [-0.3, -0.25) is 4.79 Å². The quantitative estimate of drug-likeness (QED) is 0.806. The lowest BCUT2D eigenvalue weighted by molar-refractivity contribution is 0.0741. The van der Waals surface area contributed by atoms with Crippen molar-refractivity contribution in [1.82, 2.24) is 4.90 Å². The summed E-state index contributed by atoms with van der Waals surface area (Å²) in [6.07, 6.45) is 3.64. The van der Waals surface area contributed by atoms with Crippen molar-refractivity contribution >= 4 is 36.4 Å². The van der Waals surface area contributed by atoms with Crippen LogP contribution in [0.2, 0.25) is 0 Å². The average Bonchev–Trinajstić information content (AvgIpc) is 3.33. The minimum atomic E-state index is 0. The maximum absolute atomic E-state index is 13.1. The van der Waals surface area contributed by atoms with Crippen LogP contribution in [0.4, 0.5) is 5.69 Å². The molecule has 0 bridgehead atoms. The van der Waals surface area contributed by atoms with Gasteiger partial charge in [-0.2, -0.15) is 0 Å². The third-order valence-corrected chi connectivity index (χ3v) is 5.89. The molecule has 1 amide bonds. The molecule has 0 spiro atoms. The molecule has 5 nitrogen and oxygen atoms in total. The molecule has 2 aliphatic rings. The van der Waals surface area contributed by atoms with Gasteiger partial charge in [0.15, 0.2) is 0 Å². The van der Waals surface area contributed by atoms with Gasteiger partial charge in [0.05, 0.1) is 18.4 Å². The highest BCUT2D eigenvalue weighted by molar-refractivity contribution is 5.95. The van der Waals surface area contributed by atoms with Crippen LogP contribution in [0, 0.1) is 5.92 Å². The van der Waals surface area contributed by atoms with Crippen LogP contribution in [-0.2, 0) is 13.0 Å². The van der Waals surface area contributed by atoms with Gasteiger partial charge in [-0.25, -0.2) is 0 Å². The molecule has 154 valence electrons. The molecule has 0 saturated carbocycles. The highest BCUT2D eigenvalue weighted by Crippen LogP contribution is 2.34. The van der Waals surface area contributed by atoms with E-state index in [1.165, 1.54) is 11.3 Å². The van der Waals surface area contributed by atoms with E-state index in [4.69, 9.17) is 10.2 Å². The highest BCUT2D eigenvalue weighted by Gasteiger charge is 2.34. The number of para-hydroxylation sites is 1. The molecule has 28 heavy (non-hydrogen) atoms. The maximum atomic E-state index is 13.1. The molecule has 1 saturated heterocycles. The van der Waals surface area contributed by atoms with Crippen LogP contribution in [-0.4, -0.2) is 36.0 Å². The van der Waals surface area contributed by atoms with Crippen molar-refractivity contribution in [3.63, 3.8) is 0 Å². The van der Waals surface area contributed by atoms with Crippen LogP contribution in [0.1, 0.15) is 41.9 Å². The maximum Gasteiger partial charge on any atom is 0.257 e. The highest BCUT2D eigenvalue weighted by atomic mass is 35.5. The monoisotopic (exact) mass is 425 g/mol. The molecule has 2 N–H and O–H groups in total. The smallest absolute Gasteiger partial charge is 0.257 e. The number of nitrogens with two attached hydrogens (primary N) is 1. The van der Waals surface area contributed by atoms with Gasteiger partial charge >= 0.3 is 0 Å². The molecule has 2 aliphatic heterocycles. The first-order chi connectivity index (χ1) is 12.6. The van der Waals surface area contributed by atoms with Crippen LogP contribution in [0.5, 0.6) is 0 Å². The summed E-state index contributed by atoms with van der Waals surface area (Å²) in [4.78, 5) is 17.4. The van der Waals surface area contributed by atoms with Gasteiger partial charge in [0.25, 0.3) is 5.91 Å². The van der Waals surface area contributed by atoms with Crippen molar-refractivity contribution in [3.05, 3.63) is 53.5 Å². The zero-order valence-electron chi connectivity index (χ0n) is 16.3. The van der Waals surface area contributed by atoms with Crippen molar-refractivity contribution in [2.45, 2.75) is 45.3 Å². The van der Waals surface area contributed by atoms with E-state index in [0.717, 1.165) is 25.1 Å². The summed E-state index contributed by atoms with van der Waals surface area (Å²) in [5.41, 5.74) is 9.10. The zero-order chi connectivity index (χ0) is 18.3. The Hall–Kier alpha value is -1.69. The van der Waals surface area contributed by atoms with Gasteiger partial charge in [-0.1, -0.05) is 18.2 Å². The number of likely N-dealkylation sites (tertiary alicyclic amines) is 1. The van der Waals surface area contributed by atoms with Crippen molar-refractivity contribution in [2.75, 3.05) is 18.0 Å². The lowest BCUT2D eigenvalue weighted by Crippen LogP contribution is -2.35. The molecular formula is C21H29Cl2N3O2. The van der Waals surface area contributed by atoms with Gasteiger partial charge in [0.1, 0.15) is 5.76 Å². The number of hydrogen-bond donors (Lipinski definition) is 1. The molecule has 0 radical (unpaired) electrons. The van der Waals surface area contributed by atoms with Crippen LogP contribution < -0.4 is 10.6 Å². The number of fused-ring (bicyclic) bond motifs is 1. The van der Waals surface area contributed by atoms with E-state index in [9.17, 15) is 4.79 Å². The Bertz CT molecular complexity index is 810. The molecule has 3 heterocycles. The molecule has 3 unspecified atom stereocenters. The summed E-state index contributed by atoms with van der Waals surface area (Å²) < 4.78 is 5.75. The second-order valence-electron chi connectivity index (χ2n) is 7.71. The third-order valence-electron chi connectivity index (χ3n) is 5.89. The van der Waals surface area contributed by atoms with E-state index in [1.807, 2.05) is 11.0 Å². The second kappa shape index (κ2) is 9.21. The number of amides is 1. The standard InChI is InChI=1S/C21H27N3O2.2ClH/c1-14-9-16(11-22)12-24(14)21(25)18-7-8-26-20(18)13-23-15(2)10-17-5-3-4-6-19(17)23;;/h3-8,14-16H,9-13,22H2,1-2H3;2*1H. The largest absolute Gasteiger partial charge is 0.467 e. The second-order valence-corrected chi connectivity index (χ2v) is 7.71. The number of anilines is 1. The number of carbonyl (C=O) groups excluding carboxylic acids is 1. The molecule has 3 atom stereocenters. The third kappa shape index (κ3) is 4.02. The van der Waals surface area contributed by atoms with Gasteiger partial charge in [0, 0.05) is 24.3 Å². The number of carbonyl (C=O) groups is 1. The first kappa shape index (κ1) is 22.6. The van der Waals surface area contributed by atoms with Crippen molar-refractivity contribution in [1.29, 1.82) is 0 Å². The van der Waals surface area contributed by atoms with E-state index in [2.05, 4.69) is 43.0 Å². The molecule has 7 heteroatoms. The molecule has 2 aromatic rings.